The summed E-state index contributed by atoms with van der Waals surface area (Å²) < 4.78 is 15.9. The molecule has 236 valence electrons. The van der Waals surface area contributed by atoms with E-state index in [9.17, 15) is 35.4 Å². The lowest BCUT2D eigenvalue weighted by Crippen LogP contribution is -2.60. The van der Waals surface area contributed by atoms with Crippen LogP contribution in [0.4, 0.5) is 0 Å². The van der Waals surface area contributed by atoms with Crippen LogP contribution in [0.1, 0.15) is 120 Å². The summed E-state index contributed by atoms with van der Waals surface area (Å²) in [6.07, 6.45) is 12.1. The minimum Gasteiger partial charge on any atom is -0.504 e. The topological polar surface area (TPSA) is 166 Å². The van der Waals surface area contributed by atoms with Gasteiger partial charge in [0.2, 0.25) is 12.0 Å². The number of carbonyl (C=O) groups is 1. The molecule has 10 heteroatoms. The number of ether oxygens (including phenoxy) is 3. The Balaban J connectivity index is 1.61. The van der Waals surface area contributed by atoms with Crippen molar-refractivity contribution in [1.29, 1.82) is 0 Å². The number of hydrogen-bond acceptors (Lipinski definition) is 10. The molecule has 41 heavy (non-hydrogen) atoms. The molecule has 0 aliphatic carbocycles. The van der Waals surface area contributed by atoms with Gasteiger partial charge in [-0.3, -0.25) is 0 Å². The van der Waals surface area contributed by atoms with Gasteiger partial charge in [-0.15, -0.1) is 0 Å². The van der Waals surface area contributed by atoms with Gasteiger partial charge in [0.25, 0.3) is 0 Å². The molecule has 5 atom stereocenters. The van der Waals surface area contributed by atoms with E-state index in [1.165, 1.54) is 77.0 Å². The van der Waals surface area contributed by atoms with Crippen LogP contribution in [0.3, 0.4) is 0 Å². The molecule has 1 aromatic carbocycles. The standard InChI is InChI=1S/C31H52O10/c1-2-3-4-5-6-7-8-9-10-11-12-13-14-15-16-17-18-39-30(38)22-19-23(33)26(34)24(20-22)40-31-29(37)28(36)27(35)25(21-32)41-31/h19-20,25,27-29,31-37H,2-18,21H2,1H3/t25-,27-,28+,29-,31-/m1/s1. The van der Waals surface area contributed by atoms with Gasteiger partial charge in [-0.2, -0.15) is 0 Å². The fourth-order valence-corrected chi connectivity index (χ4v) is 4.99. The maximum Gasteiger partial charge on any atom is 0.338 e. The lowest BCUT2D eigenvalue weighted by Gasteiger charge is -2.39. The number of aromatic hydroxyl groups is 2. The number of aliphatic hydroxyl groups is 4. The number of esters is 1. The van der Waals surface area contributed by atoms with Crippen molar-refractivity contribution >= 4 is 5.97 Å². The molecular formula is C31H52O10. The third-order valence-electron chi connectivity index (χ3n) is 7.61. The Morgan fingerprint density at radius 3 is 1.78 bits per heavy atom. The first-order chi connectivity index (χ1) is 19.8. The van der Waals surface area contributed by atoms with Crippen molar-refractivity contribution in [1.82, 2.24) is 0 Å². The summed E-state index contributed by atoms with van der Waals surface area (Å²) in [7, 11) is 0. The van der Waals surface area contributed by atoms with Crippen molar-refractivity contribution in [2.75, 3.05) is 13.2 Å². The average molecular weight is 585 g/mol. The minimum absolute atomic E-state index is 0.0867. The fourth-order valence-electron chi connectivity index (χ4n) is 4.99. The van der Waals surface area contributed by atoms with E-state index in [2.05, 4.69) is 6.92 Å². The molecule has 1 heterocycles. The zero-order valence-corrected chi connectivity index (χ0v) is 24.6. The normalized spacial score (nSPS) is 22.5. The van der Waals surface area contributed by atoms with Crippen LogP contribution in [0.5, 0.6) is 17.2 Å². The van der Waals surface area contributed by atoms with E-state index >= 15 is 0 Å². The van der Waals surface area contributed by atoms with E-state index in [4.69, 9.17) is 14.2 Å². The van der Waals surface area contributed by atoms with Gasteiger partial charge in [-0.1, -0.05) is 103 Å². The molecule has 0 saturated carbocycles. The van der Waals surface area contributed by atoms with Gasteiger partial charge in [0.1, 0.15) is 24.4 Å². The lowest BCUT2D eigenvalue weighted by atomic mass is 9.99. The van der Waals surface area contributed by atoms with Crippen molar-refractivity contribution in [2.45, 2.75) is 140 Å². The maximum atomic E-state index is 12.5. The molecule has 1 aliphatic rings. The summed E-state index contributed by atoms with van der Waals surface area (Å²) in [5, 5.41) is 59.5. The molecule has 0 aromatic heterocycles. The van der Waals surface area contributed by atoms with E-state index in [1.54, 1.807) is 0 Å². The molecule has 1 aliphatic heterocycles. The van der Waals surface area contributed by atoms with Crippen molar-refractivity contribution < 1.29 is 49.6 Å². The van der Waals surface area contributed by atoms with Crippen LogP contribution in [-0.4, -0.2) is 80.5 Å². The average Bonchev–Trinajstić information content (AvgIpc) is 2.96. The molecule has 0 unspecified atom stereocenters. The summed E-state index contributed by atoms with van der Waals surface area (Å²) in [4.78, 5) is 12.5. The molecule has 2 rings (SSSR count). The largest absolute Gasteiger partial charge is 0.504 e. The number of hydrogen-bond donors (Lipinski definition) is 6. The molecule has 1 aromatic rings. The number of carbonyl (C=O) groups excluding carboxylic acids is 1. The van der Waals surface area contributed by atoms with Crippen LogP contribution in [0.15, 0.2) is 12.1 Å². The maximum absolute atomic E-state index is 12.5. The Labute approximate surface area is 244 Å². The van der Waals surface area contributed by atoms with Crippen LogP contribution >= 0.6 is 0 Å². The highest BCUT2D eigenvalue weighted by molar-refractivity contribution is 5.91. The van der Waals surface area contributed by atoms with Gasteiger partial charge in [0, 0.05) is 0 Å². The van der Waals surface area contributed by atoms with Crippen LogP contribution < -0.4 is 4.74 Å². The number of rotatable bonds is 21. The highest BCUT2D eigenvalue weighted by Crippen LogP contribution is 2.38. The SMILES string of the molecule is CCCCCCCCCCCCCCCCCCOC(=O)c1cc(O)c(O)c(O[C@@H]2O[C@H](CO)[C@@H](O)[C@H](O)[C@H]2O)c1. The Bertz CT molecular complexity index is 862. The van der Waals surface area contributed by atoms with E-state index in [0.29, 0.717) is 6.42 Å². The number of unbranched alkanes of at least 4 members (excludes halogenated alkanes) is 15. The van der Waals surface area contributed by atoms with E-state index < -0.39 is 60.5 Å². The number of phenolic OH excluding ortho intramolecular Hbond substituents is 2. The Morgan fingerprint density at radius 2 is 1.27 bits per heavy atom. The van der Waals surface area contributed by atoms with Gasteiger partial charge in [0.15, 0.2) is 11.5 Å². The van der Waals surface area contributed by atoms with Crippen LogP contribution in [-0.2, 0) is 9.47 Å². The van der Waals surface area contributed by atoms with Crippen LogP contribution in [0.25, 0.3) is 0 Å². The molecule has 0 spiro atoms. The summed E-state index contributed by atoms with van der Waals surface area (Å²) in [5.41, 5.74) is -0.0867. The summed E-state index contributed by atoms with van der Waals surface area (Å²) in [6.45, 7) is 1.80. The van der Waals surface area contributed by atoms with Gasteiger partial charge < -0.3 is 44.8 Å². The molecule has 6 N–H and O–H groups in total. The molecule has 0 amide bonds. The van der Waals surface area contributed by atoms with Gasteiger partial charge in [-0.25, -0.2) is 4.79 Å². The third-order valence-corrected chi connectivity index (χ3v) is 7.61. The first kappa shape index (κ1) is 35.1. The van der Waals surface area contributed by atoms with E-state index in [1.807, 2.05) is 0 Å². The van der Waals surface area contributed by atoms with Crippen molar-refractivity contribution in [3.8, 4) is 17.2 Å². The second kappa shape index (κ2) is 19.9. The van der Waals surface area contributed by atoms with Crippen molar-refractivity contribution in [2.24, 2.45) is 0 Å². The second-order valence-electron chi connectivity index (χ2n) is 11.1. The van der Waals surface area contributed by atoms with E-state index in [-0.39, 0.29) is 12.2 Å². The predicted octanol–water partition coefficient (Wildman–Crippen LogP) is 4.69. The zero-order valence-electron chi connectivity index (χ0n) is 24.6. The molecule has 10 nitrogen and oxygen atoms in total. The molecule has 0 radical (unpaired) electrons. The number of benzene rings is 1. The van der Waals surface area contributed by atoms with Gasteiger partial charge >= 0.3 is 5.97 Å². The first-order valence-electron chi connectivity index (χ1n) is 15.5. The second-order valence-corrected chi connectivity index (χ2v) is 11.1. The Morgan fingerprint density at radius 1 is 0.756 bits per heavy atom. The smallest absolute Gasteiger partial charge is 0.338 e. The monoisotopic (exact) mass is 584 g/mol. The quantitative estimate of drug-likeness (QED) is 0.0678. The molecule has 0 bridgehead atoms. The molecule has 1 fully saturated rings. The Kier molecular flexibility index (Phi) is 17.0. The highest BCUT2D eigenvalue weighted by Gasteiger charge is 2.45. The number of phenols is 2. The summed E-state index contributed by atoms with van der Waals surface area (Å²) >= 11 is 0. The van der Waals surface area contributed by atoms with Crippen LogP contribution in [0.2, 0.25) is 0 Å². The fraction of sp³-hybridized carbons (Fsp3) is 0.774. The van der Waals surface area contributed by atoms with Crippen LogP contribution in [0, 0.1) is 0 Å². The predicted molar refractivity (Wildman–Crippen MR) is 154 cm³/mol. The number of aliphatic hydroxyl groups excluding tert-OH is 4. The summed E-state index contributed by atoms with van der Waals surface area (Å²) in [6, 6.07) is 2.15. The lowest BCUT2D eigenvalue weighted by molar-refractivity contribution is -0.277. The highest BCUT2D eigenvalue weighted by atomic mass is 16.7. The van der Waals surface area contributed by atoms with Crippen molar-refractivity contribution in [3.05, 3.63) is 17.7 Å². The third kappa shape index (κ3) is 12.3. The minimum atomic E-state index is -1.72. The van der Waals surface area contributed by atoms with Crippen molar-refractivity contribution in [3.63, 3.8) is 0 Å². The van der Waals surface area contributed by atoms with E-state index in [0.717, 1.165) is 31.4 Å². The zero-order chi connectivity index (χ0) is 30.0. The Hall–Kier alpha value is -2.11. The van der Waals surface area contributed by atoms with Gasteiger partial charge in [0.05, 0.1) is 18.8 Å². The van der Waals surface area contributed by atoms with Gasteiger partial charge in [-0.05, 0) is 18.6 Å². The molecular weight excluding hydrogens is 532 g/mol. The molecule has 1 saturated heterocycles. The summed E-state index contributed by atoms with van der Waals surface area (Å²) in [5.74, 6) is -2.48. The first-order valence-corrected chi connectivity index (χ1v) is 15.5.